The van der Waals surface area contributed by atoms with Gasteiger partial charge in [-0.2, -0.15) is 5.26 Å². The van der Waals surface area contributed by atoms with E-state index in [1.807, 2.05) is 36.4 Å². The van der Waals surface area contributed by atoms with Gasteiger partial charge in [-0.15, -0.1) is 0 Å². The topological polar surface area (TPSA) is 91.5 Å². The van der Waals surface area contributed by atoms with Gasteiger partial charge in [0.05, 0.1) is 24.1 Å². The van der Waals surface area contributed by atoms with Crippen LogP contribution in [0.3, 0.4) is 0 Å². The van der Waals surface area contributed by atoms with Crippen LogP contribution in [0.25, 0.3) is 0 Å². The van der Waals surface area contributed by atoms with Crippen LogP contribution in [0.4, 0.5) is 5.69 Å². The maximum Gasteiger partial charge on any atom is 0.271 e. The van der Waals surface area contributed by atoms with E-state index < -0.39 is 5.56 Å². The number of aromatic hydroxyl groups is 1. The van der Waals surface area contributed by atoms with Crippen molar-refractivity contribution >= 4 is 11.9 Å². The summed E-state index contributed by atoms with van der Waals surface area (Å²) in [5.74, 6) is 0.244. The molecule has 2 aromatic heterocycles. The van der Waals surface area contributed by atoms with Crippen molar-refractivity contribution in [1.82, 2.24) is 4.57 Å². The third kappa shape index (κ3) is 3.21. The van der Waals surface area contributed by atoms with Crippen molar-refractivity contribution in [2.75, 3.05) is 0 Å². The van der Waals surface area contributed by atoms with E-state index >= 15 is 0 Å². The van der Waals surface area contributed by atoms with Gasteiger partial charge < -0.3 is 9.52 Å². The zero-order valence-corrected chi connectivity index (χ0v) is 13.5. The van der Waals surface area contributed by atoms with Gasteiger partial charge in [0.15, 0.2) is 0 Å². The monoisotopic (exact) mass is 333 g/mol. The van der Waals surface area contributed by atoms with Crippen LogP contribution < -0.4 is 5.56 Å². The van der Waals surface area contributed by atoms with E-state index in [1.165, 1.54) is 12.5 Å². The molecule has 0 radical (unpaired) electrons. The van der Waals surface area contributed by atoms with Gasteiger partial charge in [-0.1, -0.05) is 18.2 Å². The van der Waals surface area contributed by atoms with Gasteiger partial charge in [0, 0.05) is 6.21 Å². The van der Waals surface area contributed by atoms with Crippen molar-refractivity contribution in [3.63, 3.8) is 0 Å². The number of pyridine rings is 1. The lowest BCUT2D eigenvalue weighted by Crippen LogP contribution is -2.25. The predicted molar refractivity (Wildman–Crippen MR) is 93.3 cm³/mol. The molecule has 124 valence electrons. The molecule has 0 fully saturated rings. The van der Waals surface area contributed by atoms with Crippen molar-refractivity contribution in [2.24, 2.45) is 4.99 Å². The maximum absolute atomic E-state index is 12.5. The zero-order chi connectivity index (χ0) is 17.8. The van der Waals surface area contributed by atoms with Crippen molar-refractivity contribution < 1.29 is 9.52 Å². The Kier molecular flexibility index (Phi) is 4.48. The first kappa shape index (κ1) is 16.3. The normalized spacial score (nSPS) is 10.9. The first-order chi connectivity index (χ1) is 12.1. The summed E-state index contributed by atoms with van der Waals surface area (Å²) in [7, 11) is 0. The number of para-hydroxylation sites is 1. The van der Waals surface area contributed by atoms with Crippen LogP contribution >= 0.6 is 0 Å². The van der Waals surface area contributed by atoms with Crippen LogP contribution in [0.2, 0.25) is 0 Å². The van der Waals surface area contributed by atoms with Crippen molar-refractivity contribution in [2.45, 2.75) is 13.5 Å². The van der Waals surface area contributed by atoms with E-state index in [2.05, 4.69) is 4.99 Å². The molecule has 0 bridgehead atoms. The average molecular weight is 333 g/mol. The molecule has 0 saturated carbocycles. The zero-order valence-electron chi connectivity index (χ0n) is 13.5. The van der Waals surface area contributed by atoms with Crippen LogP contribution in [0.5, 0.6) is 5.88 Å². The van der Waals surface area contributed by atoms with Gasteiger partial charge >= 0.3 is 0 Å². The molecule has 6 nitrogen and oxygen atoms in total. The average Bonchev–Trinajstić information content (AvgIpc) is 3.13. The number of aliphatic imine (C=N–C) groups is 1. The third-order valence-corrected chi connectivity index (χ3v) is 3.84. The van der Waals surface area contributed by atoms with Crippen molar-refractivity contribution in [3.05, 3.63) is 81.5 Å². The Morgan fingerprint density at radius 2 is 2.04 bits per heavy atom. The minimum Gasteiger partial charge on any atom is -0.494 e. The fourth-order valence-corrected chi connectivity index (χ4v) is 2.48. The molecule has 0 aliphatic rings. The van der Waals surface area contributed by atoms with Gasteiger partial charge in [-0.25, -0.2) is 0 Å². The molecule has 3 aromatic rings. The van der Waals surface area contributed by atoms with Crippen LogP contribution in [-0.2, 0) is 6.54 Å². The Labute approximate surface area is 143 Å². The molecule has 0 amide bonds. The molecule has 0 aliphatic carbocycles. The van der Waals surface area contributed by atoms with E-state index in [-0.39, 0.29) is 18.0 Å². The first-order valence-electron chi connectivity index (χ1n) is 7.59. The van der Waals surface area contributed by atoms with E-state index in [0.29, 0.717) is 22.6 Å². The number of nitriles is 1. The van der Waals surface area contributed by atoms with Gasteiger partial charge in [-0.3, -0.25) is 14.4 Å². The molecule has 0 aliphatic heterocycles. The largest absolute Gasteiger partial charge is 0.494 e. The number of hydrogen-bond donors (Lipinski definition) is 1. The number of benzene rings is 1. The van der Waals surface area contributed by atoms with Crippen LogP contribution in [-0.4, -0.2) is 15.9 Å². The maximum atomic E-state index is 12.5. The summed E-state index contributed by atoms with van der Waals surface area (Å²) >= 11 is 0. The van der Waals surface area contributed by atoms with Gasteiger partial charge in [0.1, 0.15) is 17.4 Å². The number of furan rings is 1. The molecular weight excluding hydrogens is 318 g/mol. The minimum absolute atomic E-state index is 0.0266. The highest BCUT2D eigenvalue weighted by molar-refractivity contribution is 5.87. The van der Waals surface area contributed by atoms with Gasteiger partial charge in [-0.05, 0) is 36.8 Å². The lowest BCUT2D eigenvalue weighted by Gasteiger charge is -2.13. The Hall–Kier alpha value is -3.59. The summed E-state index contributed by atoms with van der Waals surface area (Å²) in [6, 6.07) is 14.5. The van der Waals surface area contributed by atoms with Crippen molar-refractivity contribution in [3.8, 4) is 11.9 Å². The number of hydrogen-bond acceptors (Lipinski definition) is 5. The highest BCUT2D eigenvalue weighted by Gasteiger charge is 2.18. The highest BCUT2D eigenvalue weighted by Crippen LogP contribution is 2.22. The van der Waals surface area contributed by atoms with Gasteiger partial charge in [0.25, 0.3) is 5.56 Å². The molecule has 1 N–H and O–H groups in total. The Morgan fingerprint density at radius 3 is 2.68 bits per heavy atom. The Morgan fingerprint density at radius 1 is 1.28 bits per heavy atom. The molecular formula is C19H15N3O3. The molecule has 25 heavy (non-hydrogen) atoms. The lowest BCUT2D eigenvalue weighted by atomic mass is 10.1. The molecule has 1 aromatic carbocycles. The molecule has 6 heteroatoms. The third-order valence-electron chi connectivity index (χ3n) is 3.84. The minimum atomic E-state index is -0.564. The summed E-state index contributed by atoms with van der Waals surface area (Å²) in [6.45, 7) is 1.64. The summed E-state index contributed by atoms with van der Waals surface area (Å²) in [6.07, 6.45) is 2.94. The lowest BCUT2D eigenvalue weighted by molar-refractivity contribution is 0.397. The standard InChI is InChI=1S/C19H15N3O3/c1-13-16(10-20)18(23)22(12-15-8-5-9-25-15)19(24)17(13)11-21-14-6-3-2-4-7-14/h2-9,11,24H,12H2,1H3. The summed E-state index contributed by atoms with van der Waals surface area (Å²) in [5.41, 5.74) is 0.820. The summed E-state index contributed by atoms with van der Waals surface area (Å²) in [5, 5.41) is 19.9. The predicted octanol–water partition coefficient (Wildman–Crippen LogP) is 3.13. The highest BCUT2D eigenvalue weighted by atomic mass is 16.3. The Bertz CT molecular complexity index is 1010. The fraction of sp³-hybridized carbons (Fsp3) is 0.105. The summed E-state index contributed by atoms with van der Waals surface area (Å²) in [4.78, 5) is 16.8. The van der Waals surface area contributed by atoms with E-state index in [9.17, 15) is 15.2 Å². The second kappa shape index (κ2) is 6.89. The molecule has 0 unspecified atom stereocenters. The molecule has 0 atom stereocenters. The van der Waals surface area contributed by atoms with Crippen molar-refractivity contribution in [1.29, 1.82) is 5.26 Å². The SMILES string of the molecule is Cc1c(C=Nc2ccccc2)c(O)n(Cc2ccco2)c(=O)c1C#N. The molecule has 3 rings (SSSR count). The number of rotatable bonds is 4. The smallest absolute Gasteiger partial charge is 0.271 e. The Balaban J connectivity index is 2.13. The van der Waals surface area contributed by atoms with Crippen LogP contribution in [0, 0.1) is 18.3 Å². The molecule has 2 heterocycles. The summed E-state index contributed by atoms with van der Waals surface area (Å²) < 4.78 is 6.34. The second-order valence-electron chi connectivity index (χ2n) is 5.41. The quantitative estimate of drug-likeness (QED) is 0.743. The second-order valence-corrected chi connectivity index (χ2v) is 5.41. The van der Waals surface area contributed by atoms with Crippen LogP contribution in [0.15, 0.2) is 62.9 Å². The molecule has 0 saturated heterocycles. The van der Waals surface area contributed by atoms with E-state index in [0.717, 1.165) is 4.57 Å². The van der Waals surface area contributed by atoms with E-state index in [4.69, 9.17) is 4.42 Å². The fourth-order valence-electron chi connectivity index (χ4n) is 2.48. The van der Waals surface area contributed by atoms with Gasteiger partial charge in [0.2, 0.25) is 5.88 Å². The number of aromatic nitrogens is 1. The van der Waals surface area contributed by atoms with Crippen LogP contribution in [0.1, 0.15) is 22.5 Å². The molecule has 0 spiro atoms. The van der Waals surface area contributed by atoms with E-state index in [1.54, 1.807) is 19.1 Å². The first-order valence-corrected chi connectivity index (χ1v) is 7.59. The number of nitrogens with zero attached hydrogens (tertiary/aromatic N) is 3.